The Labute approximate surface area is 126 Å². The first-order valence-corrected chi connectivity index (χ1v) is 6.40. The number of methoxy groups -OCH3 is 1. The predicted molar refractivity (Wildman–Crippen MR) is 79.7 cm³/mol. The largest absolute Gasteiger partial charge is 0.478 e. The van der Waals surface area contributed by atoms with Crippen molar-refractivity contribution in [3.05, 3.63) is 71.0 Å². The quantitative estimate of drug-likeness (QED) is 0.535. The van der Waals surface area contributed by atoms with Gasteiger partial charge in [0.1, 0.15) is 5.82 Å². The van der Waals surface area contributed by atoms with Crippen molar-refractivity contribution in [2.24, 2.45) is 0 Å². The van der Waals surface area contributed by atoms with Crippen LogP contribution < -0.4 is 0 Å². The molecule has 0 aromatic heterocycles. The second-order valence-electron chi connectivity index (χ2n) is 4.48. The smallest absolute Gasteiger partial charge is 0.337 e. The third kappa shape index (κ3) is 3.58. The van der Waals surface area contributed by atoms with E-state index in [0.717, 1.165) is 0 Å². The normalized spacial score (nSPS) is 11.1. The molecule has 0 saturated carbocycles. The summed E-state index contributed by atoms with van der Waals surface area (Å²) in [5.74, 6) is -2.02. The number of halogens is 1. The third-order valence-electron chi connectivity index (χ3n) is 3.03. The number of hydrogen-bond donors (Lipinski definition) is 1. The first-order valence-electron chi connectivity index (χ1n) is 6.40. The van der Waals surface area contributed by atoms with Crippen molar-refractivity contribution in [2.75, 3.05) is 7.11 Å². The molecule has 22 heavy (non-hydrogen) atoms. The highest BCUT2D eigenvalue weighted by Gasteiger charge is 2.11. The summed E-state index contributed by atoms with van der Waals surface area (Å²) in [5, 5.41) is 9.30. The van der Waals surface area contributed by atoms with Gasteiger partial charge in [-0.2, -0.15) is 0 Å². The molecular weight excluding hydrogens is 287 g/mol. The molecule has 4 nitrogen and oxygen atoms in total. The summed E-state index contributed by atoms with van der Waals surface area (Å²) in [7, 11) is 1.28. The van der Waals surface area contributed by atoms with Crippen molar-refractivity contribution >= 4 is 23.6 Å². The van der Waals surface area contributed by atoms with E-state index in [9.17, 15) is 19.1 Å². The third-order valence-corrected chi connectivity index (χ3v) is 3.03. The number of carboxylic acids is 1. The zero-order chi connectivity index (χ0) is 16.1. The molecule has 0 aliphatic rings. The van der Waals surface area contributed by atoms with Crippen molar-refractivity contribution in [3.8, 4) is 0 Å². The number of carboxylic acid groups (broad SMARTS) is 1. The molecule has 1 N–H and O–H groups in total. The first-order chi connectivity index (χ1) is 10.5. The lowest BCUT2D eigenvalue weighted by Crippen LogP contribution is -2.01. The molecular formula is C17H13FO4. The molecule has 0 unspecified atom stereocenters. The van der Waals surface area contributed by atoms with Gasteiger partial charge < -0.3 is 9.84 Å². The van der Waals surface area contributed by atoms with Crippen molar-refractivity contribution in [2.45, 2.75) is 0 Å². The Bertz CT molecular complexity index is 715. The van der Waals surface area contributed by atoms with Crippen LogP contribution in [0.25, 0.3) is 11.6 Å². The Morgan fingerprint density at radius 1 is 1.00 bits per heavy atom. The molecule has 5 heteroatoms. The summed E-state index contributed by atoms with van der Waals surface area (Å²) in [4.78, 5) is 22.7. The van der Waals surface area contributed by atoms with Crippen LogP contribution in [0.15, 0.2) is 48.5 Å². The van der Waals surface area contributed by atoms with Crippen LogP contribution in [0.1, 0.15) is 21.5 Å². The summed E-state index contributed by atoms with van der Waals surface area (Å²) in [6.07, 6.45) is 1.45. The SMILES string of the molecule is COC(=O)c1ccc(C=C(C(=O)O)c2ccc(F)cc2)cc1. The lowest BCUT2D eigenvalue weighted by Gasteiger charge is -2.04. The van der Waals surface area contributed by atoms with E-state index in [-0.39, 0.29) is 5.57 Å². The van der Waals surface area contributed by atoms with Gasteiger partial charge in [-0.3, -0.25) is 0 Å². The molecule has 0 bridgehead atoms. The van der Waals surface area contributed by atoms with Gasteiger partial charge in [-0.1, -0.05) is 24.3 Å². The van der Waals surface area contributed by atoms with E-state index in [1.54, 1.807) is 24.3 Å². The summed E-state index contributed by atoms with van der Waals surface area (Å²) in [6, 6.07) is 11.5. The number of ether oxygens (including phenoxy) is 1. The molecule has 2 rings (SSSR count). The van der Waals surface area contributed by atoms with E-state index in [1.807, 2.05) is 0 Å². The van der Waals surface area contributed by atoms with Crippen LogP contribution >= 0.6 is 0 Å². The highest BCUT2D eigenvalue weighted by molar-refractivity contribution is 6.20. The zero-order valence-corrected chi connectivity index (χ0v) is 11.7. The van der Waals surface area contributed by atoms with E-state index in [1.165, 1.54) is 37.5 Å². The highest BCUT2D eigenvalue weighted by atomic mass is 19.1. The zero-order valence-electron chi connectivity index (χ0n) is 11.7. The maximum absolute atomic E-state index is 12.9. The average Bonchev–Trinajstić information content (AvgIpc) is 2.53. The maximum atomic E-state index is 12.9. The van der Waals surface area contributed by atoms with Gasteiger partial charge in [-0.25, -0.2) is 14.0 Å². The lowest BCUT2D eigenvalue weighted by molar-refractivity contribution is -0.130. The number of hydrogen-bond acceptors (Lipinski definition) is 3. The van der Waals surface area contributed by atoms with Crippen LogP contribution in [0.2, 0.25) is 0 Å². The Morgan fingerprint density at radius 3 is 2.05 bits per heavy atom. The topological polar surface area (TPSA) is 63.6 Å². The summed E-state index contributed by atoms with van der Waals surface area (Å²) in [6.45, 7) is 0. The van der Waals surface area contributed by atoms with Gasteiger partial charge in [0.05, 0.1) is 18.2 Å². The van der Waals surface area contributed by atoms with Gasteiger partial charge in [-0.15, -0.1) is 0 Å². The van der Waals surface area contributed by atoms with Gasteiger partial charge in [0.25, 0.3) is 0 Å². The van der Waals surface area contributed by atoms with Crippen LogP contribution in [0.3, 0.4) is 0 Å². The lowest BCUT2D eigenvalue weighted by atomic mass is 10.0. The van der Waals surface area contributed by atoms with E-state index in [2.05, 4.69) is 4.74 Å². The van der Waals surface area contributed by atoms with Crippen molar-refractivity contribution < 1.29 is 23.8 Å². The molecule has 0 aliphatic carbocycles. The Morgan fingerprint density at radius 2 is 1.55 bits per heavy atom. The monoisotopic (exact) mass is 300 g/mol. The van der Waals surface area contributed by atoms with Crippen molar-refractivity contribution in [3.63, 3.8) is 0 Å². The molecule has 0 heterocycles. The number of aliphatic carboxylic acids is 1. The van der Waals surface area contributed by atoms with E-state index in [4.69, 9.17) is 0 Å². The van der Waals surface area contributed by atoms with E-state index < -0.39 is 17.8 Å². The van der Waals surface area contributed by atoms with Crippen LogP contribution in [-0.4, -0.2) is 24.2 Å². The van der Waals surface area contributed by atoms with Crippen LogP contribution in [-0.2, 0) is 9.53 Å². The second kappa shape index (κ2) is 6.67. The highest BCUT2D eigenvalue weighted by Crippen LogP contribution is 2.19. The minimum atomic E-state index is -1.12. The minimum Gasteiger partial charge on any atom is -0.478 e. The summed E-state index contributed by atoms with van der Waals surface area (Å²) < 4.78 is 17.5. The first kappa shape index (κ1) is 15.4. The average molecular weight is 300 g/mol. The number of benzene rings is 2. The molecule has 0 spiro atoms. The van der Waals surface area contributed by atoms with Gasteiger partial charge in [0.15, 0.2) is 0 Å². The van der Waals surface area contributed by atoms with Crippen LogP contribution in [0, 0.1) is 5.82 Å². The second-order valence-corrected chi connectivity index (χ2v) is 4.48. The maximum Gasteiger partial charge on any atom is 0.337 e. The fraction of sp³-hybridized carbons (Fsp3) is 0.0588. The molecule has 0 saturated heterocycles. The molecule has 2 aromatic rings. The molecule has 0 radical (unpaired) electrons. The molecule has 0 aliphatic heterocycles. The van der Waals surface area contributed by atoms with Gasteiger partial charge in [0.2, 0.25) is 0 Å². The summed E-state index contributed by atoms with van der Waals surface area (Å²) >= 11 is 0. The molecule has 0 amide bonds. The predicted octanol–water partition coefficient (Wildman–Crippen LogP) is 3.24. The van der Waals surface area contributed by atoms with Crippen molar-refractivity contribution in [1.82, 2.24) is 0 Å². The van der Waals surface area contributed by atoms with Crippen LogP contribution in [0.4, 0.5) is 4.39 Å². The Hall–Kier alpha value is -2.95. The van der Waals surface area contributed by atoms with Gasteiger partial charge >= 0.3 is 11.9 Å². The van der Waals surface area contributed by atoms with Gasteiger partial charge in [-0.05, 0) is 41.5 Å². The molecule has 112 valence electrons. The number of carbonyl (C=O) groups excluding carboxylic acids is 1. The number of esters is 1. The number of rotatable bonds is 4. The van der Waals surface area contributed by atoms with E-state index >= 15 is 0 Å². The fourth-order valence-electron chi connectivity index (χ4n) is 1.90. The van der Waals surface area contributed by atoms with E-state index in [0.29, 0.717) is 16.7 Å². The van der Waals surface area contributed by atoms with Crippen LogP contribution in [0.5, 0.6) is 0 Å². The Kier molecular flexibility index (Phi) is 4.68. The molecule has 0 atom stereocenters. The summed E-state index contributed by atoms with van der Waals surface area (Å²) in [5.41, 5.74) is 1.41. The van der Waals surface area contributed by atoms with Gasteiger partial charge in [0, 0.05) is 0 Å². The molecule has 2 aromatic carbocycles. The van der Waals surface area contributed by atoms with Crippen molar-refractivity contribution in [1.29, 1.82) is 0 Å². The molecule has 0 fully saturated rings. The fourth-order valence-corrected chi connectivity index (χ4v) is 1.90. The minimum absolute atomic E-state index is 0.0332. The number of carbonyl (C=O) groups is 2. The standard InChI is InChI=1S/C17H13FO4/c1-22-17(21)13-4-2-11(3-5-13)10-15(16(19)20)12-6-8-14(18)9-7-12/h2-10H,1H3,(H,19,20). The Balaban J connectivity index is 2.36.